The van der Waals surface area contributed by atoms with Gasteiger partial charge in [0, 0.05) is 49.0 Å². The summed E-state index contributed by atoms with van der Waals surface area (Å²) in [5.41, 5.74) is 0. The van der Waals surface area contributed by atoms with Crippen molar-refractivity contribution in [1.82, 2.24) is 24.4 Å². The zero-order valence-electron chi connectivity index (χ0n) is 17.2. The Kier molecular flexibility index (Phi) is 10.2. The summed E-state index contributed by atoms with van der Waals surface area (Å²) < 4.78 is 9.14. The normalized spacial score (nSPS) is 18.2. The van der Waals surface area contributed by atoms with Crippen LogP contribution in [0.3, 0.4) is 0 Å². The standard InChI is InChI=1S/C8H17ClN2Si.C8H19N3Si.H3N/c2*1-7(2)10-5-6-11(8(3)4)12(10)9;/h5-8,12H,1-4H3;5-8,12H,9H2,1-4H3;1H3. The highest BCUT2D eigenvalue weighted by molar-refractivity contribution is 7.04. The van der Waals surface area contributed by atoms with E-state index in [-0.39, 0.29) is 6.15 Å². The molecule has 6 nitrogen and oxygen atoms in total. The van der Waals surface area contributed by atoms with Gasteiger partial charge in [-0.1, -0.05) is 0 Å². The highest BCUT2D eigenvalue weighted by Gasteiger charge is 2.30. The Hall–Kier alpha value is -0.676. The summed E-state index contributed by atoms with van der Waals surface area (Å²) in [7, 11) is -2.71. The monoisotopic (exact) mass is 406 g/mol. The molecule has 9 heteroatoms. The van der Waals surface area contributed by atoms with Crippen molar-refractivity contribution in [3.8, 4) is 0 Å². The van der Waals surface area contributed by atoms with Crippen LogP contribution in [0.5, 0.6) is 0 Å². The van der Waals surface area contributed by atoms with E-state index in [1.807, 2.05) is 0 Å². The predicted molar refractivity (Wildman–Crippen MR) is 116 cm³/mol. The number of halogens is 1. The van der Waals surface area contributed by atoms with E-state index in [9.17, 15) is 0 Å². The molecule has 5 N–H and O–H groups in total. The van der Waals surface area contributed by atoms with Crippen molar-refractivity contribution >= 4 is 28.8 Å². The van der Waals surface area contributed by atoms with E-state index < -0.39 is 17.7 Å². The van der Waals surface area contributed by atoms with Crippen LogP contribution in [0, 0.1) is 0 Å². The Morgan fingerprint density at radius 2 is 0.880 bits per heavy atom. The number of hydrogen-bond acceptors (Lipinski definition) is 6. The van der Waals surface area contributed by atoms with Crippen LogP contribution < -0.4 is 11.5 Å². The van der Waals surface area contributed by atoms with Gasteiger partial charge in [0.05, 0.1) is 0 Å². The first-order chi connectivity index (χ1) is 11.1. The van der Waals surface area contributed by atoms with Gasteiger partial charge in [0.15, 0.2) is 0 Å². The third-order valence-corrected chi connectivity index (χ3v) is 10.9. The van der Waals surface area contributed by atoms with Gasteiger partial charge in [0.2, 0.25) is 0 Å². The van der Waals surface area contributed by atoms with E-state index >= 15 is 0 Å². The first kappa shape index (κ1) is 24.3. The molecule has 2 aliphatic heterocycles. The number of nitrogens with zero attached hydrogens (tertiary/aromatic N) is 4. The molecule has 2 heterocycles. The summed E-state index contributed by atoms with van der Waals surface area (Å²) in [6.07, 6.45) is 8.49. The van der Waals surface area contributed by atoms with Crippen LogP contribution in [0.15, 0.2) is 24.8 Å². The summed E-state index contributed by atoms with van der Waals surface area (Å²) >= 11 is 6.36. The van der Waals surface area contributed by atoms with Crippen LogP contribution in [-0.2, 0) is 0 Å². The maximum atomic E-state index is 6.36. The summed E-state index contributed by atoms with van der Waals surface area (Å²) in [6, 6.07) is 2.12. The number of nitrogens with two attached hydrogens (primary N) is 1. The minimum Gasteiger partial charge on any atom is -0.374 e. The summed E-state index contributed by atoms with van der Waals surface area (Å²) in [5, 5.41) is 6.15. The van der Waals surface area contributed by atoms with Crippen molar-refractivity contribution < 1.29 is 0 Å². The molecule has 2 aliphatic rings. The molecule has 0 saturated carbocycles. The minimum absolute atomic E-state index is 0. The van der Waals surface area contributed by atoms with Crippen LogP contribution in [0.1, 0.15) is 55.4 Å². The molecular weight excluding hydrogens is 368 g/mol. The van der Waals surface area contributed by atoms with Gasteiger partial charge in [0.1, 0.15) is 0 Å². The molecule has 2 rings (SSSR count). The molecule has 0 spiro atoms. The largest absolute Gasteiger partial charge is 0.374 e. The maximum Gasteiger partial charge on any atom is 0.349 e. The fraction of sp³-hybridized carbons (Fsp3) is 0.750. The van der Waals surface area contributed by atoms with Crippen LogP contribution in [0.2, 0.25) is 0 Å². The highest BCUT2D eigenvalue weighted by Crippen LogP contribution is 2.20. The molecule has 0 radical (unpaired) electrons. The number of rotatable bonds is 4. The van der Waals surface area contributed by atoms with Gasteiger partial charge in [0.25, 0.3) is 0 Å². The third kappa shape index (κ3) is 6.21. The maximum absolute atomic E-state index is 6.36. The Morgan fingerprint density at radius 1 is 0.640 bits per heavy atom. The van der Waals surface area contributed by atoms with E-state index in [1.165, 1.54) is 0 Å². The second-order valence-corrected chi connectivity index (χ2v) is 12.5. The van der Waals surface area contributed by atoms with Crippen molar-refractivity contribution in [2.24, 2.45) is 5.40 Å². The molecule has 25 heavy (non-hydrogen) atoms. The average Bonchev–Trinajstić information content (AvgIpc) is 3.02. The molecule has 0 aromatic heterocycles. The number of hydrogen-bond donors (Lipinski definition) is 2. The van der Waals surface area contributed by atoms with E-state index in [0.29, 0.717) is 24.2 Å². The highest BCUT2D eigenvalue weighted by atomic mass is 35.6. The van der Waals surface area contributed by atoms with Crippen LogP contribution in [-0.4, -0.2) is 60.1 Å². The van der Waals surface area contributed by atoms with Gasteiger partial charge in [-0.25, -0.2) is 0 Å². The Labute approximate surface area is 163 Å². The second kappa shape index (κ2) is 10.5. The quantitative estimate of drug-likeness (QED) is 0.552. The molecule has 0 aromatic rings. The van der Waals surface area contributed by atoms with E-state index in [4.69, 9.17) is 16.5 Å². The van der Waals surface area contributed by atoms with Gasteiger partial charge >= 0.3 is 17.7 Å². The van der Waals surface area contributed by atoms with Gasteiger partial charge < -0.3 is 29.8 Å². The molecule has 0 amide bonds. The molecule has 0 bridgehead atoms. The van der Waals surface area contributed by atoms with Crippen LogP contribution in [0.4, 0.5) is 0 Å². The summed E-state index contributed by atoms with van der Waals surface area (Å²) in [5.74, 6) is 0. The smallest absolute Gasteiger partial charge is 0.349 e. The van der Waals surface area contributed by atoms with Gasteiger partial charge in [-0.2, -0.15) is 0 Å². The van der Waals surface area contributed by atoms with Crippen molar-refractivity contribution in [2.45, 2.75) is 79.6 Å². The molecular formula is C16H39ClN6Si2. The van der Waals surface area contributed by atoms with Crippen molar-refractivity contribution in [3.05, 3.63) is 24.8 Å². The Balaban J connectivity index is 0.000000443. The first-order valence-electron chi connectivity index (χ1n) is 8.94. The lowest BCUT2D eigenvalue weighted by Gasteiger charge is -2.32. The lowest BCUT2D eigenvalue weighted by molar-refractivity contribution is 0.420. The predicted octanol–water partition coefficient (Wildman–Crippen LogP) is 2.58. The second-order valence-electron chi connectivity index (χ2n) is 7.48. The molecule has 0 saturated heterocycles. The lowest BCUT2D eigenvalue weighted by atomic mass is 10.4. The summed E-state index contributed by atoms with van der Waals surface area (Å²) in [4.78, 5) is 0. The zero-order chi connectivity index (χ0) is 18.6. The Morgan fingerprint density at radius 3 is 1.04 bits per heavy atom. The zero-order valence-corrected chi connectivity index (χ0v) is 20.3. The molecule has 0 aliphatic carbocycles. The van der Waals surface area contributed by atoms with E-state index in [1.54, 1.807) is 0 Å². The van der Waals surface area contributed by atoms with Gasteiger partial charge in [-0.3, -0.25) is 0 Å². The van der Waals surface area contributed by atoms with E-state index in [2.05, 4.69) is 98.5 Å². The van der Waals surface area contributed by atoms with Crippen molar-refractivity contribution in [3.63, 3.8) is 0 Å². The van der Waals surface area contributed by atoms with Gasteiger partial charge in [-0.15, -0.1) is 11.1 Å². The molecule has 148 valence electrons. The van der Waals surface area contributed by atoms with Crippen LogP contribution in [0.25, 0.3) is 0 Å². The summed E-state index contributed by atoms with van der Waals surface area (Å²) in [6.45, 7) is 17.4. The third-order valence-electron chi connectivity index (χ3n) is 4.31. The van der Waals surface area contributed by atoms with E-state index in [0.717, 1.165) is 0 Å². The topological polar surface area (TPSA) is 74.0 Å². The molecule has 0 unspecified atom stereocenters. The minimum atomic E-state index is -1.37. The average molecular weight is 407 g/mol. The van der Waals surface area contributed by atoms with Crippen molar-refractivity contribution in [1.29, 1.82) is 0 Å². The fourth-order valence-electron chi connectivity index (χ4n) is 2.73. The fourth-order valence-corrected chi connectivity index (χ4v) is 8.23. The molecule has 0 aromatic carbocycles. The van der Waals surface area contributed by atoms with Gasteiger partial charge in [-0.05, 0) is 55.4 Å². The van der Waals surface area contributed by atoms with Crippen LogP contribution >= 0.6 is 11.1 Å². The molecule has 0 fully saturated rings. The molecule has 0 atom stereocenters. The Bertz CT molecular complexity index is 368. The SMILES string of the molecule is CC(C)N1C=CN(C(C)C)[SiH]1Cl.CC(C)N1C=CN(C(C)C)[SiH]1N.N. The first-order valence-corrected chi connectivity index (χ1v) is 13.4. The lowest BCUT2D eigenvalue weighted by Crippen LogP contribution is -2.55. The van der Waals surface area contributed by atoms with Crippen molar-refractivity contribution in [2.75, 3.05) is 0 Å².